The fourth-order valence-corrected chi connectivity index (χ4v) is 2.44. The lowest BCUT2D eigenvalue weighted by Crippen LogP contribution is -2.14. The minimum absolute atomic E-state index is 0.720. The Balaban J connectivity index is 3.30. The largest absolute Gasteiger partial charge is 0.337 e. The number of nitrogens with zero attached hydrogens (tertiary/aromatic N) is 1. The quantitative estimate of drug-likeness (QED) is 0.662. The Bertz CT molecular complexity index is 134. The average Bonchev–Trinajstić information content (AvgIpc) is 1.59. The van der Waals surface area contributed by atoms with Crippen molar-refractivity contribution in [3.63, 3.8) is 0 Å². The van der Waals surface area contributed by atoms with Gasteiger partial charge in [-0.3, -0.25) is 4.57 Å². The van der Waals surface area contributed by atoms with E-state index in [0.717, 1.165) is 23.7 Å². The Morgan fingerprint density at radius 3 is 2.40 bits per heavy atom. The Kier molecular flexibility index (Phi) is 4.61. The molecule has 0 aromatic carbocycles. The topological polar surface area (TPSA) is 40.5 Å². The van der Waals surface area contributed by atoms with E-state index >= 15 is 0 Å². The van der Waals surface area contributed by atoms with Crippen LogP contribution in [0.1, 0.15) is 0 Å². The smallest absolute Gasteiger partial charge is 0.252 e. The summed E-state index contributed by atoms with van der Waals surface area (Å²) in [5, 5.41) is 0. The van der Waals surface area contributed by atoms with E-state index in [1.807, 2.05) is 19.0 Å². The third-order valence-corrected chi connectivity index (χ3v) is 3.70. The van der Waals surface area contributed by atoms with Crippen LogP contribution in [0.15, 0.2) is 0 Å². The van der Waals surface area contributed by atoms with Crippen LogP contribution < -0.4 is 0 Å². The second kappa shape index (κ2) is 4.39. The fraction of sp³-hybridized carbons (Fsp3) is 1.00. The highest BCUT2D eigenvalue weighted by molar-refractivity contribution is 8.56. The molecule has 1 N–H and O–H groups in total. The first-order chi connectivity index (χ1) is 4.42. The zero-order valence-corrected chi connectivity index (χ0v) is 8.28. The van der Waals surface area contributed by atoms with Gasteiger partial charge in [0.1, 0.15) is 0 Å². The summed E-state index contributed by atoms with van der Waals surface area (Å²) in [5.41, 5.74) is 0. The van der Waals surface area contributed by atoms with Crippen LogP contribution in [-0.4, -0.2) is 42.9 Å². The number of hydrogen-bond donors (Lipinski definition) is 1. The van der Waals surface area contributed by atoms with E-state index in [9.17, 15) is 4.57 Å². The molecule has 62 valence electrons. The van der Waals surface area contributed by atoms with E-state index in [-0.39, 0.29) is 0 Å². The van der Waals surface area contributed by atoms with E-state index in [1.54, 1.807) is 0 Å². The van der Waals surface area contributed by atoms with Crippen LogP contribution in [0.5, 0.6) is 0 Å². The molecule has 5 heteroatoms. The summed E-state index contributed by atoms with van der Waals surface area (Å²) in [4.78, 5) is 10.8. The van der Waals surface area contributed by atoms with E-state index in [2.05, 4.69) is 0 Å². The number of hydrogen-bond acceptors (Lipinski definition) is 3. The molecule has 0 amide bonds. The first-order valence-corrected chi connectivity index (χ1v) is 6.71. The van der Waals surface area contributed by atoms with Crippen molar-refractivity contribution in [2.75, 3.05) is 33.1 Å². The molecule has 1 atom stereocenters. The molecule has 0 aromatic rings. The van der Waals surface area contributed by atoms with Crippen LogP contribution in [0.25, 0.3) is 0 Å². The molecule has 3 nitrogen and oxygen atoms in total. The van der Waals surface area contributed by atoms with Gasteiger partial charge < -0.3 is 9.79 Å². The van der Waals surface area contributed by atoms with Gasteiger partial charge in [-0.15, -0.1) is 0 Å². The summed E-state index contributed by atoms with van der Waals surface area (Å²) in [6.07, 6.45) is 0. The lowest BCUT2D eigenvalue weighted by molar-refractivity contribution is 0.437. The van der Waals surface area contributed by atoms with Gasteiger partial charge in [-0.25, -0.2) is 0 Å². The SMILES string of the molecule is CN(C)CCSP(C)(=O)O. The van der Waals surface area contributed by atoms with Gasteiger partial charge in [0.2, 0.25) is 0 Å². The standard InChI is InChI=1S/C5H14NO2PS/c1-6(2)4-5-10-9(3,7)8/h4-5H2,1-3H3,(H,7,8). The predicted molar refractivity (Wildman–Crippen MR) is 46.8 cm³/mol. The molecule has 0 fully saturated rings. The molecule has 0 spiro atoms. The van der Waals surface area contributed by atoms with Crippen molar-refractivity contribution in [3.05, 3.63) is 0 Å². The van der Waals surface area contributed by atoms with Gasteiger partial charge in [0.25, 0.3) is 6.57 Å². The maximum atomic E-state index is 10.7. The molecule has 0 heterocycles. The monoisotopic (exact) mass is 183 g/mol. The van der Waals surface area contributed by atoms with Gasteiger partial charge >= 0.3 is 0 Å². The Morgan fingerprint density at radius 1 is 1.60 bits per heavy atom. The highest BCUT2D eigenvalue weighted by Crippen LogP contribution is 2.50. The van der Waals surface area contributed by atoms with Crippen LogP contribution in [0, 0.1) is 0 Å². The summed E-state index contributed by atoms with van der Waals surface area (Å²) >= 11 is 1.13. The number of rotatable bonds is 4. The fourth-order valence-electron chi connectivity index (χ4n) is 0.393. The predicted octanol–water partition coefficient (Wildman–Crippen LogP) is 1.10. The zero-order chi connectivity index (χ0) is 8.20. The minimum Gasteiger partial charge on any atom is -0.337 e. The van der Waals surface area contributed by atoms with Crippen molar-refractivity contribution in [2.45, 2.75) is 0 Å². The lowest BCUT2D eigenvalue weighted by atomic mass is 10.7. The van der Waals surface area contributed by atoms with Crippen molar-refractivity contribution in [1.29, 1.82) is 0 Å². The second-order valence-corrected chi connectivity index (χ2v) is 7.52. The van der Waals surface area contributed by atoms with E-state index in [1.165, 1.54) is 6.66 Å². The van der Waals surface area contributed by atoms with E-state index < -0.39 is 6.57 Å². The van der Waals surface area contributed by atoms with Crippen molar-refractivity contribution in [3.8, 4) is 0 Å². The first kappa shape index (κ1) is 10.5. The average molecular weight is 183 g/mol. The molecule has 0 aromatic heterocycles. The lowest BCUT2D eigenvalue weighted by Gasteiger charge is -2.09. The summed E-state index contributed by atoms with van der Waals surface area (Å²) in [7, 11) is 3.89. The van der Waals surface area contributed by atoms with Crippen LogP contribution in [0.2, 0.25) is 0 Å². The van der Waals surface area contributed by atoms with Crippen LogP contribution in [-0.2, 0) is 4.57 Å². The van der Waals surface area contributed by atoms with Gasteiger partial charge in [0.15, 0.2) is 0 Å². The Morgan fingerprint density at radius 2 is 2.10 bits per heavy atom. The molecular formula is C5H14NO2PS. The molecule has 1 unspecified atom stereocenters. The van der Waals surface area contributed by atoms with E-state index in [0.29, 0.717) is 0 Å². The maximum Gasteiger partial charge on any atom is 0.252 e. The molecule has 0 aliphatic heterocycles. The van der Waals surface area contributed by atoms with Crippen molar-refractivity contribution < 1.29 is 9.46 Å². The van der Waals surface area contributed by atoms with Gasteiger partial charge in [-0.2, -0.15) is 0 Å². The summed E-state index contributed by atoms with van der Waals surface area (Å²) < 4.78 is 10.7. The van der Waals surface area contributed by atoms with Crippen LogP contribution in [0.4, 0.5) is 0 Å². The molecule has 0 bridgehead atoms. The Hall–Kier alpha value is 0.500. The normalized spacial score (nSPS) is 17.3. The highest BCUT2D eigenvalue weighted by atomic mass is 32.7. The summed E-state index contributed by atoms with van der Waals surface area (Å²) in [6, 6.07) is 0. The first-order valence-electron chi connectivity index (χ1n) is 3.01. The van der Waals surface area contributed by atoms with Crippen molar-refractivity contribution >= 4 is 18.0 Å². The van der Waals surface area contributed by atoms with Crippen LogP contribution >= 0.6 is 18.0 Å². The zero-order valence-electron chi connectivity index (χ0n) is 6.57. The van der Waals surface area contributed by atoms with Crippen LogP contribution in [0.3, 0.4) is 0 Å². The van der Waals surface area contributed by atoms with Gasteiger partial charge in [-0.1, -0.05) is 11.4 Å². The summed E-state index contributed by atoms with van der Waals surface area (Å²) in [5.74, 6) is 0.720. The second-order valence-electron chi connectivity index (χ2n) is 2.44. The van der Waals surface area contributed by atoms with Gasteiger partial charge in [-0.05, 0) is 14.1 Å². The van der Waals surface area contributed by atoms with Gasteiger partial charge in [0, 0.05) is 19.0 Å². The third kappa shape index (κ3) is 8.50. The summed E-state index contributed by atoms with van der Waals surface area (Å²) in [6.45, 7) is -0.613. The highest BCUT2D eigenvalue weighted by Gasteiger charge is 2.08. The van der Waals surface area contributed by atoms with Crippen molar-refractivity contribution in [1.82, 2.24) is 4.90 Å². The molecule has 0 saturated heterocycles. The third-order valence-electron chi connectivity index (χ3n) is 0.869. The molecule has 0 saturated carbocycles. The van der Waals surface area contributed by atoms with Crippen molar-refractivity contribution in [2.24, 2.45) is 0 Å². The minimum atomic E-state index is -2.83. The Labute approximate surface area is 66.0 Å². The molecule has 0 aliphatic carbocycles. The maximum absolute atomic E-state index is 10.7. The molecule has 10 heavy (non-hydrogen) atoms. The molecule has 0 aliphatic rings. The van der Waals surface area contributed by atoms with E-state index in [4.69, 9.17) is 4.89 Å². The molecule has 0 radical (unpaired) electrons. The van der Waals surface area contributed by atoms with Gasteiger partial charge in [0.05, 0.1) is 0 Å². The molecule has 0 rings (SSSR count). The molecular weight excluding hydrogens is 169 g/mol.